The van der Waals surface area contributed by atoms with Gasteiger partial charge in [0.15, 0.2) is 0 Å². The van der Waals surface area contributed by atoms with E-state index in [9.17, 15) is 0 Å². The van der Waals surface area contributed by atoms with Crippen LogP contribution in [-0.4, -0.2) is 6.71 Å². The summed E-state index contributed by atoms with van der Waals surface area (Å²) in [6.45, 7) is 24.4. The third-order valence-corrected chi connectivity index (χ3v) is 18.1. The summed E-state index contributed by atoms with van der Waals surface area (Å²) in [5, 5.41) is 2.61. The molecule has 0 unspecified atom stereocenters. The predicted octanol–water partition coefficient (Wildman–Crippen LogP) is 16.5. The minimum atomic E-state index is -0.00408. The molecule has 2 aliphatic carbocycles. The van der Waals surface area contributed by atoms with Gasteiger partial charge in [-0.3, -0.25) is 0 Å². The molecule has 0 bridgehead atoms. The predicted molar refractivity (Wildman–Crippen MR) is 303 cm³/mol. The highest BCUT2D eigenvalue weighted by Gasteiger charge is 2.49. The summed E-state index contributed by atoms with van der Waals surface area (Å²) in [6, 6.07) is 60.6. The highest BCUT2D eigenvalue weighted by atomic mass is 32.1. The van der Waals surface area contributed by atoms with Gasteiger partial charge in [-0.1, -0.05) is 134 Å². The van der Waals surface area contributed by atoms with Crippen molar-refractivity contribution in [3.8, 4) is 0 Å². The number of rotatable bonds is 5. The van der Waals surface area contributed by atoms with Gasteiger partial charge >= 0.3 is 0 Å². The average Bonchev–Trinajstić information content (AvgIpc) is 3.80. The van der Waals surface area contributed by atoms with Gasteiger partial charge in [0.1, 0.15) is 0 Å². The lowest BCUT2D eigenvalue weighted by Gasteiger charge is -2.47. The van der Waals surface area contributed by atoms with Gasteiger partial charge in [0, 0.05) is 65.7 Å². The van der Waals surface area contributed by atoms with Crippen molar-refractivity contribution < 1.29 is 0 Å². The number of para-hydroxylation sites is 2. The molecule has 0 N–H and O–H groups in total. The molecule has 0 spiro atoms. The largest absolute Gasteiger partial charge is 0.311 e. The van der Waals surface area contributed by atoms with E-state index in [4.69, 9.17) is 0 Å². The molecule has 9 aromatic rings. The first kappa shape index (κ1) is 43.5. The van der Waals surface area contributed by atoms with Crippen LogP contribution >= 0.6 is 11.3 Å². The van der Waals surface area contributed by atoms with Crippen LogP contribution in [0.15, 0.2) is 158 Å². The van der Waals surface area contributed by atoms with Crippen LogP contribution in [0.2, 0.25) is 0 Å². The summed E-state index contributed by atoms with van der Waals surface area (Å²) in [4.78, 5) is 7.80. The van der Waals surface area contributed by atoms with Gasteiger partial charge in [0.25, 0.3) is 6.71 Å². The molecule has 4 aliphatic rings. The summed E-state index contributed by atoms with van der Waals surface area (Å²) in [5.41, 5.74) is 23.9. The van der Waals surface area contributed by atoms with E-state index >= 15 is 0 Å². The van der Waals surface area contributed by atoms with Crippen molar-refractivity contribution in [2.75, 3.05) is 14.7 Å². The monoisotopic (exact) mass is 927 g/mol. The molecule has 0 fully saturated rings. The van der Waals surface area contributed by atoms with Crippen molar-refractivity contribution >= 4 is 106 Å². The highest BCUT2D eigenvalue weighted by Crippen LogP contribution is 2.55. The fourth-order valence-corrected chi connectivity index (χ4v) is 14.9. The zero-order valence-corrected chi connectivity index (χ0v) is 43.3. The SMILES string of the molecule is Cc1cc2c3c(c1)N(c1cccc4sc5ccccc5c14)c1cc(N(c4ccccc4)c4ccccc4)ccc1B3c1cc3c(cc1N2c1cc2c(cc1C)C(C)(C)CCC2(C)C)C(C)(C)CC3(C)C. The lowest BCUT2D eigenvalue weighted by Crippen LogP contribution is -2.61. The molecular weight excluding hydrogens is 866 g/mol. The van der Waals surface area contributed by atoms with Crippen LogP contribution < -0.4 is 31.1 Å². The molecule has 2 aliphatic heterocycles. The molecule has 346 valence electrons. The Balaban J connectivity index is 1.15. The topological polar surface area (TPSA) is 9.72 Å². The second-order valence-electron chi connectivity index (χ2n) is 23.7. The quantitative estimate of drug-likeness (QED) is 0.159. The Hall–Kier alpha value is -6.56. The molecule has 0 saturated heterocycles. The third kappa shape index (κ3) is 6.32. The number of aryl methyl sites for hydroxylation is 2. The van der Waals surface area contributed by atoms with E-state index in [1.807, 2.05) is 11.3 Å². The Kier molecular flexibility index (Phi) is 9.30. The molecule has 0 saturated carbocycles. The Labute approximate surface area is 419 Å². The maximum absolute atomic E-state index is 2.72. The second kappa shape index (κ2) is 15.0. The van der Waals surface area contributed by atoms with E-state index < -0.39 is 0 Å². The van der Waals surface area contributed by atoms with Crippen molar-refractivity contribution in [3.05, 3.63) is 191 Å². The van der Waals surface area contributed by atoms with Gasteiger partial charge < -0.3 is 14.7 Å². The Morgan fingerprint density at radius 3 is 1.66 bits per heavy atom. The standard InChI is InChI=1S/C65H62BN3S/c1-40-32-56-61-57(33-40)69(53-37-48-46(34-41(53)2)62(3,4)30-31-63(48,5)6)55-38-49-47(64(7,8)39-65(49,9)10)36-51(55)66(61)50-29-28-44(67(42-20-13-11-14-21-42)43-22-15-12-16-23-43)35-54(50)68(56)52-25-19-27-59-60(52)45-24-17-18-26-58(45)70-59/h11-29,32-38H,30-31,39H2,1-10H3. The van der Waals surface area contributed by atoms with Gasteiger partial charge in [0.2, 0.25) is 0 Å². The zero-order valence-electron chi connectivity index (χ0n) is 42.5. The van der Waals surface area contributed by atoms with E-state index in [0.717, 1.165) is 23.5 Å². The van der Waals surface area contributed by atoms with Gasteiger partial charge in [-0.25, -0.2) is 0 Å². The van der Waals surface area contributed by atoms with E-state index in [2.05, 4.69) is 242 Å². The lowest BCUT2D eigenvalue weighted by atomic mass is 9.33. The highest BCUT2D eigenvalue weighted by molar-refractivity contribution is 7.26. The van der Waals surface area contributed by atoms with Gasteiger partial charge in [-0.2, -0.15) is 0 Å². The van der Waals surface area contributed by atoms with Crippen molar-refractivity contribution in [2.24, 2.45) is 0 Å². The number of thiophene rings is 1. The first-order chi connectivity index (χ1) is 33.5. The summed E-state index contributed by atoms with van der Waals surface area (Å²) in [6.07, 6.45) is 3.48. The fourth-order valence-electron chi connectivity index (χ4n) is 13.7. The van der Waals surface area contributed by atoms with Crippen LogP contribution in [0.4, 0.5) is 51.2 Å². The molecule has 3 nitrogen and oxygen atoms in total. The maximum atomic E-state index is 2.72. The molecule has 13 rings (SSSR count). The summed E-state index contributed by atoms with van der Waals surface area (Å²) < 4.78 is 2.62. The molecule has 0 amide bonds. The minimum Gasteiger partial charge on any atom is -0.311 e. The third-order valence-electron chi connectivity index (χ3n) is 17.0. The second-order valence-corrected chi connectivity index (χ2v) is 24.8. The van der Waals surface area contributed by atoms with Crippen LogP contribution in [0, 0.1) is 13.8 Å². The van der Waals surface area contributed by atoms with Gasteiger partial charge in [0.05, 0.1) is 5.69 Å². The first-order valence-electron chi connectivity index (χ1n) is 25.5. The number of hydrogen-bond acceptors (Lipinski definition) is 4. The Morgan fingerprint density at radius 1 is 0.443 bits per heavy atom. The van der Waals surface area contributed by atoms with E-state index in [-0.39, 0.29) is 28.4 Å². The number of fused-ring (bicyclic) bond motifs is 9. The summed E-state index contributed by atoms with van der Waals surface area (Å²) in [5.74, 6) is 0. The molecular formula is C65H62BN3S. The average molecular weight is 928 g/mol. The van der Waals surface area contributed by atoms with Gasteiger partial charge in [-0.15, -0.1) is 11.3 Å². The van der Waals surface area contributed by atoms with E-state index in [1.165, 1.54) is 117 Å². The normalized spacial score (nSPS) is 17.5. The molecule has 8 aromatic carbocycles. The maximum Gasteiger partial charge on any atom is 0.252 e. The lowest BCUT2D eigenvalue weighted by molar-refractivity contribution is 0.332. The van der Waals surface area contributed by atoms with E-state index in [1.54, 1.807) is 0 Å². The molecule has 5 heteroatoms. The molecule has 0 atom stereocenters. The van der Waals surface area contributed by atoms with Crippen LogP contribution in [0.1, 0.15) is 108 Å². The van der Waals surface area contributed by atoms with Crippen LogP contribution in [0.5, 0.6) is 0 Å². The van der Waals surface area contributed by atoms with Crippen LogP contribution in [0.25, 0.3) is 20.2 Å². The smallest absolute Gasteiger partial charge is 0.252 e. The van der Waals surface area contributed by atoms with Crippen molar-refractivity contribution in [3.63, 3.8) is 0 Å². The van der Waals surface area contributed by atoms with Crippen molar-refractivity contribution in [1.29, 1.82) is 0 Å². The first-order valence-corrected chi connectivity index (χ1v) is 26.4. The summed E-state index contributed by atoms with van der Waals surface area (Å²) in [7, 11) is 0. The number of benzene rings is 8. The van der Waals surface area contributed by atoms with E-state index in [0.29, 0.717) is 0 Å². The number of hydrogen-bond donors (Lipinski definition) is 0. The van der Waals surface area contributed by atoms with Crippen LogP contribution in [-0.2, 0) is 21.7 Å². The molecule has 0 radical (unpaired) electrons. The molecule has 1 aromatic heterocycles. The Morgan fingerprint density at radius 2 is 0.986 bits per heavy atom. The number of anilines is 9. The van der Waals surface area contributed by atoms with Crippen molar-refractivity contribution in [1.82, 2.24) is 0 Å². The summed E-state index contributed by atoms with van der Waals surface area (Å²) >= 11 is 1.90. The zero-order chi connectivity index (χ0) is 48.2. The van der Waals surface area contributed by atoms with Crippen molar-refractivity contribution in [2.45, 2.75) is 110 Å². The number of nitrogens with zero attached hydrogens (tertiary/aromatic N) is 3. The van der Waals surface area contributed by atoms with Gasteiger partial charge in [-0.05, 0) is 183 Å². The minimum absolute atomic E-state index is 0.00408. The molecule has 70 heavy (non-hydrogen) atoms. The molecule has 3 heterocycles. The fraction of sp³-hybridized carbons (Fsp3) is 0.262. The Bertz CT molecular complexity index is 3600. The van der Waals surface area contributed by atoms with Crippen LogP contribution in [0.3, 0.4) is 0 Å².